The molecule has 8 N–H and O–H groups in total. The number of carboxylic acids is 1. The number of fused-ring (bicyclic) bond motifs is 1. The fourth-order valence-electron chi connectivity index (χ4n) is 3.46. The van der Waals surface area contributed by atoms with Crippen LogP contribution in [0.25, 0.3) is 10.9 Å². The Morgan fingerprint density at radius 2 is 1.83 bits per heavy atom. The number of hydrogen-bond donors (Lipinski definition) is 8. The minimum absolute atomic E-state index is 0.00133. The average molecular weight is 502 g/mol. The van der Waals surface area contributed by atoms with Crippen LogP contribution in [0.3, 0.4) is 0 Å². The van der Waals surface area contributed by atoms with Crippen LogP contribution in [0.4, 0.5) is 0 Å². The number of aromatic amines is 2. The average Bonchev–Trinajstić information content (AvgIpc) is 3.50. The normalized spacial score (nSPS) is 13.5. The van der Waals surface area contributed by atoms with E-state index in [0.29, 0.717) is 5.69 Å². The summed E-state index contributed by atoms with van der Waals surface area (Å²) in [6, 6.07) is 4.47. The molecule has 0 fully saturated rings. The lowest BCUT2D eigenvalue weighted by atomic mass is 10.0. The van der Waals surface area contributed by atoms with E-state index in [-0.39, 0.29) is 18.6 Å². The summed E-state index contributed by atoms with van der Waals surface area (Å²) in [6.45, 7) is -0.479. The van der Waals surface area contributed by atoms with Crippen molar-refractivity contribution in [2.45, 2.75) is 31.0 Å². The third-order valence-corrected chi connectivity index (χ3v) is 5.67. The van der Waals surface area contributed by atoms with Gasteiger partial charge < -0.3 is 36.8 Å². The number of nitrogens with two attached hydrogens (primary N) is 1. The molecule has 13 heteroatoms. The number of carbonyl (C=O) groups excluding carboxylic acids is 3. The number of carbonyl (C=O) groups is 4. The Kier molecular flexibility index (Phi) is 8.86. The predicted molar refractivity (Wildman–Crippen MR) is 131 cm³/mol. The summed E-state index contributed by atoms with van der Waals surface area (Å²) in [5.41, 5.74) is 8.38. The smallest absolute Gasteiger partial charge is 0.326 e. The summed E-state index contributed by atoms with van der Waals surface area (Å²) in [5, 5.41) is 17.5. The van der Waals surface area contributed by atoms with Gasteiger partial charge in [-0.05, 0) is 18.1 Å². The van der Waals surface area contributed by atoms with Gasteiger partial charge in [-0.15, -0.1) is 0 Å². The monoisotopic (exact) mass is 501 g/mol. The molecule has 3 atom stereocenters. The lowest BCUT2D eigenvalue weighted by Gasteiger charge is -2.19. The van der Waals surface area contributed by atoms with Gasteiger partial charge in [0.1, 0.15) is 12.1 Å². The number of amides is 3. The van der Waals surface area contributed by atoms with E-state index in [0.717, 1.165) is 16.5 Å². The van der Waals surface area contributed by atoms with Gasteiger partial charge >= 0.3 is 5.97 Å². The Hall–Kier alpha value is -3.84. The van der Waals surface area contributed by atoms with E-state index in [4.69, 9.17) is 5.73 Å². The summed E-state index contributed by atoms with van der Waals surface area (Å²) in [5.74, 6) is -3.16. The van der Waals surface area contributed by atoms with Gasteiger partial charge in [0.2, 0.25) is 17.7 Å². The molecule has 0 bridgehead atoms. The van der Waals surface area contributed by atoms with Crippen molar-refractivity contribution in [2.24, 2.45) is 5.73 Å². The molecule has 1 aromatic carbocycles. The van der Waals surface area contributed by atoms with Crippen LogP contribution in [-0.4, -0.2) is 74.2 Å². The number of aromatic nitrogens is 3. The second kappa shape index (κ2) is 12.0. The quantitative estimate of drug-likeness (QED) is 0.147. The van der Waals surface area contributed by atoms with Crippen LogP contribution in [0.1, 0.15) is 11.3 Å². The first-order valence-electron chi connectivity index (χ1n) is 10.8. The molecule has 3 unspecified atom stereocenters. The Balaban J connectivity index is 1.48. The molecule has 0 aliphatic rings. The number of carboxylic acid groups (broad SMARTS) is 1. The molecule has 0 saturated carbocycles. The first-order valence-corrected chi connectivity index (χ1v) is 11.4. The minimum Gasteiger partial charge on any atom is -0.480 e. The number of benzene rings is 1. The Labute approximate surface area is 205 Å². The van der Waals surface area contributed by atoms with Gasteiger partial charge in [0, 0.05) is 41.2 Å². The second-order valence-electron chi connectivity index (χ2n) is 7.87. The van der Waals surface area contributed by atoms with Gasteiger partial charge in [-0.25, -0.2) is 9.78 Å². The third kappa shape index (κ3) is 7.07. The van der Waals surface area contributed by atoms with Crippen LogP contribution in [0.5, 0.6) is 0 Å². The SMILES string of the molecule is NC(Cc1c[nH]c2ccccc12)C(=O)NC(CS)C(=O)NCC(=O)NC(Cc1cnc[nH]1)C(=O)O. The van der Waals surface area contributed by atoms with Crippen molar-refractivity contribution in [2.75, 3.05) is 12.3 Å². The van der Waals surface area contributed by atoms with Gasteiger partial charge in [0.05, 0.1) is 18.9 Å². The molecule has 12 nitrogen and oxygen atoms in total. The molecule has 2 aromatic heterocycles. The summed E-state index contributed by atoms with van der Waals surface area (Å²) in [6.07, 6.45) is 4.89. The lowest BCUT2D eigenvalue weighted by molar-refractivity contribution is -0.141. The molecular weight excluding hydrogens is 474 g/mol. The molecule has 0 aliphatic carbocycles. The molecule has 0 spiro atoms. The van der Waals surface area contributed by atoms with E-state index in [1.54, 1.807) is 6.20 Å². The zero-order chi connectivity index (χ0) is 25.4. The van der Waals surface area contributed by atoms with Crippen molar-refractivity contribution in [3.63, 3.8) is 0 Å². The number of aliphatic carboxylic acids is 1. The molecule has 2 heterocycles. The second-order valence-corrected chi connectivity index (χ2v) is 8.24. The first kappa shape index (κ1) is 25.8. The van der Waals surface area contributed by atoms with Crippen LogP contribution in [0.15, 0.2) is 43.0 Å². The maximum absolute atomic E-state index is 12.6. The van der Waals surface area contributed by atoms with Gasteiger partial charge in [0.25, 0.3) is 0 Å². The number of imidazole rings is 1. The van der Waals surface area contributed by atoms with E-state index in [1.807, 2.05) is 24.3 Å². The number of para-hydroxylation sites is 1. The van der Waals surface area contributed by atoms with Crippen LogP contribution in [-0.2, 0) is 32.0 Å². The Bertz CT molecular complexity index is 1180. The lowest BCUT2D eigenvalue weighted by Crippen LogP contribution is -2.54. The molecule has 0 saturated heterocycles. The Morgan fingerprint density at radius 1 is 1.06 bits per heavy atom. The number of nitrogens with zero attached hydrogens (tertiary/aromatic N) is 1. The summed E-state index contributed by atoms with van der Waals surface area (Å²) >= 11 is 4.10. The van der Waals surface area contributed by atoms with Crippen molar-refractivity contribution in [3.05, 3.63) is 54.2 Å². The maximum Gasteiger partial charge on any atom is 0.326 e. The highest BCUT2D eigenvalue weighted by Crippen LogP contribution is 2.18. The molecule has 3 rings (SSSR count). The standard InChI is InChI=1S/C22H27N7O5S/c23-15(5-12-7-25-16-4-2-1-3-14(12)16)20(31)29-18(10-35)21(32)26-9-19(30)28-17(22(33)34)6-13-8-24-11-27-13/h1-4,7-8,11,15,17-18,25,35H,5-6,9-10,23H2,(H,24,27)(H,26,32)(H,28,30)(H,29,31)(H,33,34). The number of nitrogens with one attached hydrogen (secondary N) is 5. The van der Waals surface area contributed by atoms with Crippen LogP contribution >= 0.6 is 12.6 Å². The van der Waals surface area contributed by atoms with Crippen molar-refractivity contribution in [1.29, 1.82) is 0 Å². The van der Waals surface area contributed by atoms with Crippen LogP contribution in [0, 0.1) is 0 Å². The largest absolute Gasteiger partial charge is 0.480 e. The minimum atomic E-state index is -1.23. The highest BCUT2D eigenvalue weighted by atomic mass is 32.1. The molecule has 35 heavy (non-hydrogen) atoms. The molecule has 3 aromatic rings. The first-order chi connectivity index (χ1) is 16.8. The van der Waals surface area contributed by atoms with Gasteiger partial charge in [0.15, 0.2) is 0 Å². The van der Waals surface area contributed by atoms with E-state index in [2.05, 4.69) is 43.5 Å². The van der Waals surface area contributed by atoms with Crippen molar-refractivity contribution >= 4 is 47.2 Å². The summed E-state index contributed by atoms with van der Waals surface area (Å²) in [4.78, 5) is 58.3. The van der Waals surface area contributed by atoms with E-state index in [1.165, 1.54) is 12.5 Å². The molecule has 186 valence electrons. The third-order valence-electron chi connectivity index (χ3n) is 5.30. The predicted octanol–water partition coefficient (Wildman–Crippen LogP) is -0.896. The van der Waals surface area contributed by atoms with Crippen LogP contribution in [0.2, 0.25) is 0 Å². The molecule has 0 radical (unpaired) electrons. The molecule has 3 amide bonds. The Morgan fingerprint density at radius 3 is 2.51 bits per heavy atom. The highest BCUT2D eigenvalue weighted by Gasteiger charge is 2.25. The fourth-order valence-corrected chi connectivity index (χ4v) is 3.71. The van der Waals surface area contributed by atoms with Gasteiger partial charge in [-0.3, -0.25) is 14.4 Å². The van der Waals surface area contributed by atoms with E-state index >= 15 is 0 Å². The molecule has 0 aliphatic heterocycles. The van der Waals surface area contributed by atoms with E-state index in [9.17, 15) is 24.3 Å². The van der Waals surface area contributed by atoms with Crippen molar-refractivity contribution in [3.8, 4) is 0 Å². The summed E-state index contributed by atoms with van der Waals surface area (Å²) < 4.78 is 0. The summed E-state index contributed by atoms with van der Waals surface area (Å²) in [7, 11) is 0. The van der Waals surface area contributed by atoms with Crippen LogP contribution < -0.4 is 21.7 Å². The topological polar surface area (TPSA) is 195 Å². The van der Waals surface area contributed by atoms with Crippen molar-refractivity contribution in [1.82, 2.24) is 30.9 Å². The van der Waals surface area contributed by atoms with E-state index < -0.39 is 48.4 Å². The fraction of sp³-hybridized carbons (Fsp3) is 0.318. The number of rotatable bonds is 12. The number of thiol groups is 1. The van der Waals surface area contributed by atoms with Crippen molar-refractivity contribution < 1.29 is 24.3 Å². The zero-order valence-corrected chi connectivity index (χ0v) is 19.5. The highest BCUT2D eigenvalue weighted by molar-refractivity contribution is 7.80. The van der Waals surface area contributed by atoms with Gasteiger partial charge in [-0.2, -0.15) is 12.6 Å². The number of H-pyrrole nitrogens is 2. The molecular formula is C22H27N7O5S. The maximum atomic E-state index is 12.6. The van der Waals surface area contributed by atoms with Gasteiger partial charge in [-0.1, -0.05) is 18.2 Å². The number of hydrogen-bond acceptors (Lipinski definition) is 7. The zero-order valence-electron chi connectivity index (χ0n) is 18.7.